The molecule has 0 aliphatic heterocycles. The van der Waals surface area contributed by atoms with Crippen LogP contribution in [0.4, 0.5) is 0 Å². The molecular weight excluding hydrogens is 1130 g/mol. The minimum Gasteiger partial charge on any atom is -0.370 e. The number of nitrogens with two attached hydrogens (primary N) is 5. The number of aromatic nitrogens is 3. The summed E-state index contributed by atoms with van der Waals surface area (Å²) in [5.41, 5.74) is 30.4. The van der Waals surface area contributed by atoms with Gasteiger partial charge in [0.1, 0.15) is 48.3 Å². The number of carbonyl (C=O) groups excluding carboxylic acids is 9. The standard InChI is InChI=1S/C56H78N18O9S2/c1-3-4-14-39(70-54(83)46(29-85)67-31(2)75)48(77)68-40(16-9-20-63-55(58)59)50(79)73-44(25-36-27-62-30-66-36)53(82)71-42(23-32-18-19-33-11-5-6-12-34(33)22-32)51(80)69-41(17-10-21-64-56(60)61)49(78)72-43(52(81)74-45(28-84)47(57)76)24-35-26-65-38-15-8-7-13-37(35)38/h5-8,11-13,15,18-19,22,26-27,30,39-46,65,84-85H,3-4,9-10,14,16-17,20-21,23-25,28-29H2,1-2H3,(H2,57,76)(H,62,66)(H,67,75)(H,68,77)(H,69,80)(H,70,83)(H,71,82)(H,72,78)(H,73,79)(H,74,81)(H4,58,59,63)(H4,60,61,64)/t39-,40-,41-,42+,43-,44-,45-,46-/m0/s1. The molecule has 458 valence electrons. The molecule has 20 N–H and O–H groups in total. The highest BCUT2D eigenvalue weighted by Crippen LogP contribution is 2.21. The lowest BCUT2D eigenvalue weighted by atomic mass is 9.99. The molecule has 29 heteroatoms. The van der Waals surface area contributed by atoms with Crippen molar-refractivity contribution < 1.29 is 43.2 Å². The number of para-hydroxylation sites is 1. The fourth-order valence-electron chi connectivity index (χ4n) is 9.14. The zero-order chi connectivity index (χ0) is 62.0. The summed E-state index contributed by atoms with van der Waals surface area (Å²) in [6.07, 6.45) is 5.51. The van der Waals surface area contributed by atoms with Crippen molar-refractivity contribution in [3.05, 3.63) is 102 Å². The molecular formula is C56H78N18O9S2. The third-order valence-corrected chi connectivity index (χ3v) is 14.3. The Morgan fingerprint density at radius 1 is 0.529 bits per heavy atom. The van der Waals surface area contributed by atoms with E-state index in [-0.39, 0.29) is 87.9 Å². The predicted molar refractivity (Wildman–Crippen MR) is 329 cm³/mol. The first kappa shape index (κ1) is 66.9. The maximum absolute atomic E-state index is 15.0. The van der Waals surface area contributed by atoms with E-state index in [0.717, 1.165) is 21.7 Å². The van der Waals surface area contributed by atoms with Crippen molar-refractivity contribution >= 4 is 112 Å². The van der Waals surface area contributed by atoms with Gasteiger partial charge in [0.05, 0.1) is 6.33 Å². The molecule has 3 aromatic carbocycles. The van der Waals surface area contributed by atoms with Gasteiger partial charge in [-0.15, -0.1) is 0 Å². The number of carbonyl (C=O) groups is 9. The lowest BCUT2D eigenvalue weighted by Gasteiger charge is -2.28. The Morgan fingerprint density at radius 2 is 1.00 bits per heavy atom. The summed E-state index contributed by atoms with van der Waals surface area (Å²) in [4.78, 5) is 143. The Bertz CT molecular complexity index is 3150. The zero-order valence-electron chi connectivity index (χ0n) is 47.4. The van der Waals surface area contributed by atoms with Gasteiger partial charge >= 0.3 is 0 Å². The Hall–Kier alpha value is -8.86. The van der Waals surface area contributed by atoms with E-state index < -0.39 is 101 Å². The average molecular weight is 1210 g/mol. The normalized spacial score (nSPS) is 13.9. The monoisotopic (exact) mass is 1210 g/mol. The molecule has 9 amide bonds. The van der Waals surface area contributed by atoms with Gasteiger partial charge in [-0.3, -0.25) is 53.1 Å². The van der Waals surface area contributed by atoms with Crippen molar-refractivity contribution in [1.82, 2.24) is 57.5 Å². The molecule has 85 heavy (non-hydrogen) atoms. The second-order valence-electron chi connectivity index (χ2n) is 20.2. The Morgan fingerprint density at radius 3 is 1.51 bits per heavy atom. The van der Waals surface area contributed by atoms with Crippen LogP contribution in [0.2, 0.25) is 0 Å². The molecule has 2 heterocycles. The fourth-order valence-corrected chi connectivity index (χ4v) is 9.67. The van der Waals surface area contributed by atoms with Crippen molar-refractivity contribution in [1.29, 1.82) is 0 Å². The van der Waals surface area contributed by atoms with Crippen LogP contribution in [0.5, 0.6) is 0 Å². The van der Waals surface area contributed by atoms with Crippen LogP contribution in [0.25, 0.3) is 21.7 Å². The van der Waals surface area contributed by atoms with Crippen molar-refractivity contribution in [3.8, 4) is 0 Å². The first-order valence-corrected chi connectivity index (χ1v) is 29.0. The van der Waals surface area contributed by atoms with Crippen molar-refractivity contribution in [3.63, 3.8) is 0 Å². The molecule has 8 atom stereocenters. The zero-order valence-corrected chi connectivity index (χ0v) is 49.2. The molecule has 0 saturated carbocycles. The number of hydrogen-bond acceptors (Lipinski definition) is 14. The molecule has 0 aliphatic carbocycles. The van der Waals surface area contributed by atoms with Crippen LogP contribution in [0, 0.1) is 0 Å². The SMILES string of the molecule is CCCC[C@H](NC(=O)[C@H](CS)NC(C)=O)C(=O)N[C@@H](CCCN=C(N)N)C(=O)N[C@@H](Cc1cnc[nH]1)C(=O)N[C@H](Cc1ccc2ccccc2c1)C(=O)N[C@@H](CCCN=C(N)N)C(=O)N[C@@H](Cc1c[nH]c2ccccc12)C(=O)N[C@@H](CS)C(N)=O. The van der Waals surface area contributed by atoms with Crippen LogP contribution in [-0.4, -0.2) is 153 Å². The highest BCUT2D eigenvalue weighted by Gasteiger charge is 2.35. The Labute approximate surface area is 502 Å². The third kappa shape index (κ3) is 21.7. The molecule has 0 aliphatic rings. The van der Waals surface area contributed by atoms with Gasteiger partial charge in [-0.1, -0.05) is 80.4 Å². The van der Waals surface area contributed by atoms with Crippen molar-refractivity contribution in [2.75, 3.05) is 24.6 Å². The van der Waals surface area contributed by atoms with E-state index in [1.54, 1.807) is 12.3 Å². The summed E-state index contributed by atoms with van der Waals surface area (Å²) in [5, 5.41) is 24.1. The van der Waals surface area contributed by atoms with Gasteiger partial charge in [0.25, 0.3) is 0 Å². The number of aliphatic imine (C=N–C) groups is 2. The van der Waals surface area contributed by atoms with Crippen LogP contribution in [-0.2, 0) is 62.4 Å². The van der Waals surface area contributed by atoms with Crippen LogP contribution in [0.3, 0.4) is 0 Å². The highest BCUT2D eigenvalue weighted by atomic mass is 32.1. The lowest BCUT2D eigenvalue weighted by Crippen LogP contribution is -2.61. The number of unbranched alkanes of at least 4 members (excludes halogenated alkanes) is 1. The van der Waals surface area contributed by atoms with Crippen LogP contribution >= 0.6 is 25.3 Å². The van der Waals surface area contributed by atoms with E-state index in [0.29, 0.717) is 29.7 Å². The molecule has 5 aromatic rings. The molecule has 5 rings (SSSR count). The van der Waals surface area contributed by atoms with Gasteiger partial charge in [-0.05, 0) is 60.1 Å². The summed E-state index contributed by atoms with van der Waals surface area (Å²) in [6, 6.07) is 9.80. The van der Waals surface area contributed by atoms with E-state index in [2.05, 4.69) is 92.7 Å². The number of nitrogens with one attached hydrogen (secondary N) is 10. The van der Waals surface area contributed by atoms with E-state index >= 15 is 4.79 Å². The van der Waals surface area contributed by atoms with Crippen molar-refractivity contribution in [2.24, 2.45) is 38.7 Å². The second-order valence-corrected chi connectivity index (χ2v) is 20.9. The Balaban J connectivity index is 1.50. The quantitative estimate of drug-likeness (QED) is 0.00962. The molecule has 0 bridgehead atoms. The number of thiol groups is 2. The molecule has 0 radical (unpaired) electrons. The number of primary amides is 1. The van der Waals surface area contributed by atoms with Gasteiger partial charge in [0, 0.05) is 79.8 Å². The number of amides is 9. The largest absolute Gasteiger partial charge is 0.370 e. The summed E-state index contributed by atoms with van der Waals surface area (Å²) in [6.45, 7) is 3.21. The number of benzene rings is 3. The summed E-state index contributed by atoms with van der Waals surface area (Å²) >= 11 is 8.37. The molecule has 0 saturated heterocycles. The Kier molecular flexibility index (Phi) is 26.8. The number of H-pyrrole nitrogens is 2. The van der Waals surface area contributed by atoms with Gasteiger partial charge in [0.2, 0.25) is 53.2 Å². The lowest BCUT2D eigenvalue weighted by molar-refractivity contribution is -0.136. The number of imidazole rings is 1. The summed E-state index contributed by atoms with van der Waals surface area (Å²) in [7, 11) is 0. The smallest absolute Gasteiger partial charge is 0.244 e. The van der Waals surface area contributed by atoms with Gasteiger partial charge < -0.3 is 81.2 Å². The number of rotatable bonds is 35. The van der Waals surface area contributed by atoms with Gasteiger partial charge in [-0.25, -0.2) is 4.98 Å². The minimum atomic E-state index is -1.47. The second kappa shape index (κ2) is 34.0. The predicted octanol–water partition coefficient (Wildman–Crippen LogP) is -1.39. The summed E-state index contributed by atoms with van der Waals surface area (Å²) < 4.78 is 0. The molecule has 0 unspecified atom stereocenters. The van der Waals surface area contributed by atoms with E-state index in [1.165, 1.54) is 19.4 Å². The molecule has 27 nitrogen and oxygen atoms in total. The van der Waals surface area contributed by atoms with Crippen LogP contribution < -0.4 is 71.2 Å². The molecule has 0 spiro atoms. The molecule has 0 fully saturated rings. The summed E-state index contributed by atoms with van der Waals surface area (Å²) in [5.74, 6) is -7.54. The number of nitrogens with zero attached hydrogens (tertiary/aromatic N) is 3. The van der Waals surface area contributed by atoms with Gasteiger partial charge in [0.15, 0.2) is 11.9 Å². The van der Waals surface area contributed by atoms with Crippen molar-refractivity contribution in [2.45, 2.75) is 126 Å². The van der Waals surface area contributed by atoms with Crippen LogP contribution in [0.15, 0.2) is 95.4 Å². The maximum Gasteiger partial charge on any atom is 0.244 e. The number of aromatic amines is 2. The van der Waals surface area contributed by atoms with E-state index in [1.807, 2.05) is 67.6 Å². The topological polar surface area (TPSA) is 449 Å². The fraction of sp³-hybridized carbons (Fsp3) is 0.429. The minimum absolute atomic E-state index is 0.0363. The number of guanidine groups is 2. The first-order valence-electron chi connectivity index (χ1n) is 27.7. The van der Waals surface area contributed by atoms with Gasteiger partial charge in [-0.2, -0.15) is 25.3 Å². The molecule has 2 aromatic heterocycles. The first-order chi connectivity index (χ1) is 40.7. The average Bonchev–Trinajstić information content (AvgIpc) is 4.01. The van der Waals surface area contributed by atoms with Crippen LogP contribution in [0.1, 0.15) is 75.6 Å². The maximum atomic E-state index is 15.0. The number of fused-ring (bicyclic) bond motifs is 2. The number of hydrogen-bond donors (Lipinski definition) is 17. The highest BCUT2D eigenvalue weighted by molar-refractivity contribution is 7.80. The van der Waals surface area contributed by atoms with E-state index in [4.69, 9.17) is 28.7 Å². The third-order valence-electron chi connectivity index (χ3n) is 13.6. The van der Waals surface area contributed by atoms with E-state index in [9.17, 15) is 38.4 Å².